The Morgan fingerprint density at radius 2 is 1.31 bits per heavy atom. The van der Waals surface area contributed by atoms with Crippen molar-refractivity contribution < 1.29 is 19.8 Å². The number of carbonyl (C=O) groups excluding carboxylic acids is 2. The summed E-state index contributed by atoms with van der Waals surface area (Å²) in [7, 11) is 0. The number of rotatable bonds is 2. The van der Waals surface area contributed by atoms with Gasteiger partial charge in [0, 0.05) is 23.8 Å². The molecule has 1 rings (SSSR count). The minimum Gasteiger partial charge on any atom is -0.550 e. The zero-order chi connectivity index (χ0) is 9.14. The molecule has 1 aliphatic rings. The van der Waals surface area contributed by atoms with Crippen LogP contribution in [0.4, 0.5) is 0 Å². The van der Waals surface area contributed by atoms with Crippen LogP contribution < -0.4 is 10.2 Å². The molecule has 0 aromatic rings. The normalized spacial score (nSPS) is 26.2. The second kappa shape index (κ2) is 5.62. The second-order valence-corrected chi connectivity index (χ2v) is 2.79. The third kappa shape index (κ3) is 3.29. The summed E-state index contributed by atoms with van der Waals surface area (Å²) in [6, 6.07) is 0. The molecule has 0 saturated heterocycles. The van der Waals surface area contributed by atoms with Crippen molar-refractivity contribution in [3.05, 3.63) is 12.2 Å². The molecule has 0 fully saturated rings. The van der Waals surface area contributed by atoms with E-state index in [1.54, 1.807) is 12.2 Å². The first-order chi connectivity index (χ1) is 5.63. The Hall–Kier alpha value is -0.0603. The molecule has 0 unspecified atom stereocenters. The number of hydrogen-bond donors (Lipinski definition) is 0. The fourth-order valence-corrected chi connectivity index (χ4v) is 1.34. The summed E-state index contributed by atoms with van der Waals surface area (Å²) in [5.41, 5.74) is 0. The van der Waals surface area contributed by atoms with Crippen molar-refractivity contribution in [2.75, 3.05) is 0 Å². The third-order valence-electron chi connectivity index (χ3n) is 2.04. The maximum atomic E-state index is 10.4. The van der Waals surface area contributed by atoms with Crippen LogP contribution in [0.25, 0.3) is 0 Å². The molecular formula is C8H8CaO4. The fraction of sp³-hybridized carbons (Fsp3) is 0.500. The monoisotopic (exact) mass is 208 g/mol. The SMILES string of the molecule is O=C([O-])[C@H]1CC=CC[C@H]1C(=O)[O-].[Ca+2]. The summed E-state index contributed by atoms with van der Waals surface area (Å²) < 4.78 is 0. The molecule has 5 heteroatoms. The van der Waals surface area contributed by atoms with Gasteiger partial charge in [0.15, 0.2) is 0 Å². The van der Waals surface area contributed by atoms with Gasteiger partial charge in [0.1, 0.15) is 0 Å². The van der Waals surface area contributed by atoms with Crippen LogP contribution in [0.1, 0.15) is 12.8 Å². The third-order valence-corrected chi connectivity index (χ3v) is 2.04. The molecular weight excluding hydrogens is 200 g/mol. The molecule has 0 aliphatic heterocycles. The molecule has 0 spiro atoms. The summed E-state index contributed by atoms with van der Waals surface area (Å²) in [5.74, 6) is -4.48. The van der Waals surface area contributed by atoms with Gasteiger partial charge in [0.25, 0.3) is 0 Å². The first-order valence-corrected chi connectivity index (χ1v) is 3.69. The molecule has 0 heterocycles. The quantitative estimate of drug-likeness (QED) is 0.377. The molecule has 13 heavy (non-hydrogen) atoms. The Morgan fingerprint density at radius 1 is 1.00 bits per heavy atom. The van der Waals surface area contributed by atoms with Crippen molar-refractivity contribution in [3.8, 4) is 0 Å². The van der Waals surface area contributed by atoms with E-state index in [1.165, 1.54) is 0 Å². The Balaban J connectivity index is 0.00000144. The summed E-state index contributed by atoms with van der Waals surface area (Å²) in [6.45, 7) is 0. The number of carboxylic acid groups (broad SMARTS) is 2. The van der Waals surface area contributed by atoms with E-state index in [2.05, 4.69) is 0 Å². The van der Waals surface area contributed by atoms with Crippen LogP contribution in [-0.4, -0.2) is 49.7 Å². The van der Waals surface area contributed by atoms with E-state index in [1.807, 2.05) is 0 Å². The van der Waals surface area contributed by atoms with Crippen molar-refractivity contribution in [2.45, 2.75) is 12.8 Å². The van der Waals surface area contributed by atoms with Gasteiger partial charge in [-0.25, -0.2) is 0 Å². The van der Waals surface area contributed by atoms with Crippen LogP contribution in [0, 0.1) is 11.8 Å². The maximum Gasteiger partial charge on any atom is 2.00 e. The fourth-order valence-electron chi connectivity index (χ4n) is 1.34. The predicted octanol–water partition coefficient (Wildman–Crippen LogP) is -2.31. The molecule has 1 aliphatic carbocycles. The largest absolute Gasteiger partial charge is 2.00 e. The van der Waals surface area contributed by atoms with Gasteiger partial charge < -0.3 is 19.8 Å². The Bertz CT molecular complexity index is 212. The van der Waals surface area contributed by atoms with Gasteiger partial charge in [0.05, 0.1) is 0 Å². The topological polar surface area (TPSA) is 80.3 Å². The van der Waals surface area contributed by atoms with E-state index in [9.17, 15) is 19.8 Å². The van der Waals surface area contributed by atoms with Gasteiger partial charge in [-0.3, -0.25) is 0 Å². The molecule has 2 atom stereocenters. The predicted molar refractivity (Wildman–Crippen MR) is 41.1 cm³/mol. The Kier molecular flexibility index (Phi) is 5.60. The van der Waals surface area contributed by atoms with Crippen LogP contribution in [-0.2, 0) is 9.59 Å². The zero-order valence-electron chi connectivity index (χ0n) is 7.06. The number of carbonyl (C=O) groups is 2. The van der Waals surface area contributed by atoms with Gasteiger partial charge >= 0.3 is 37.7 Å². The van der Waals surface area contributed by atoms with Crippen molar-refractivity contribution in [2.24, 2.45) is 11.8 Å². The Labute approximate surface area is 106 Å². The average Bonchev–Trinajstić information content (AvgIpc) is 2.04. The maximum absolute atomic E-state index is 10.4. The number of hydrogen-bond acceptors (Lipinski definition) is 4. The van der Waals surface area contributed by atoms with Crippen molar-refractivity contribution in [1.29, 1.82) is 0 Å². The first kappa shape index (κ1) is 12.9. The van der Waals surface area contributed by atoms with Crippen LogP contribution in [0.2, 0.25) is 0 Å². The molecule has 0 amide bonds. The molecule has 0 bridgehead atoms. The van der Waals surface area contributed by atoms with Crippen molar-refractivity contribution in [1.82, 2.24) is 0 Å². The van der Waals surface area contributed by atoms with E-state index in [4.69, 9.17) is 0 Å². The number of aliphatic carboxylic acids is 2. The van der Waals surface area contributed by atoms with E-state index < -0.39 is 23.8 Å². The molecule has 0 aromatic carbocycles. The number of carboxylic acids is 2. The second-order valence-electron chi connectivity index (χ2n) is 2.79. The first-order valence-electron chi connectivity index (χ1n) is 3.69. The van der Waals surface area contributed by atoms with Crippen molar-refractivity contribution in [3.63, 3.8) is 0 Å². The minimum atomic E-state index is -1.31. The van der Waals surface area contributed by atoms with E-state index in [0.717, 1.165) is 0 Å². The molecule has 0 aromatic heterocycles. The molecule has 0 radical (unpaired) electrons. The Morgan fingerprint density at radius 3 is 1.54 bits per heavy atom. The van der Waals surface area contributed by atoms with Crippen LogP contribution in [0.3, 0.4) is 0 Å². The van der Waals surface area contributed by atoms with Gasteiger partial charge in [0.2, 0.25) is 0 Å². The average molecular weight is 208 g/mol. The number of allylic oxidation sites excluding steroid dienone is 2. The molecule has 0 N–H and O–H groups in total. The summed E-state index contributed by atoms with van der Waals surface area (Å²) in [4.78, 5) is 20.9. The zero-order valence-corrected chi connectivity index (χ0v) is 9.27. The van der Waals surface area contributed by atoms with E-state index in [0.29, 0.717) is 0 Å². The molecule has 4 nitrogen and oxygen atoms in total. The van der Waals surface area contributed by atoms with E-state index in [-0.39, 0.29) is 50.6 Å². The van der Waals surface area contributed by atoms with E-state index >= 15 is 0 Å². The van der Waals surface area contributed by atoms with Gasteiger partial charge in [-0.05, 0) is 12.8 Å². The summed E-state index contributed by atoms with van der Waals surface area (Å²) in [6.07, 6.45) is 3.75. The summed E-state index contributed by atoms with van der Waals surface area (Å²) >= 11 is 0. The van der Waals surface area contributed by atoms with Crippen LogP contribution in [0.15, 0.2) is 12.2 Å². The minimum absolute atomic E-state index is 0. The molecule has 66 valence electrons. The van der Waals surface area contributed by atoms with Gasteiger partial charge in [-0.1, -0.05) is 12.2 Å². The summed E-state index contributed by atoms with van der Waals surface area (Å²) in [5, 5.41) is 20.9. The van der Waals surface area contributed by atoms with Gasteiger partial charge in [-0.15, -0.1) is 0 Å². The standard InChI is InChI=1S/C8H10O4.Ca/c9-7(10)5-3-1-2-4-6(5)8(11)12;/h1-2,5-6H,3-4H2,(H,9,10)(H,11,12);/q;+2/p-2/t5-,6+;. The van der Waals surface area contributed by atoms with Crippen molar-refractivity contribution >= 4 is 49.7 Å². The smallest absolute Gasteiger partial charge is 0.550 e. The van der Waals surface area contributed by atoms with Crippen LogP contribution >= 0.6 is 0 Å². The molecule has 0 saturated carbocycles. The van der Waals surface area contributed by atoms with Gasteiger partial charge in [-0.2, -0.15) is 0 Å². The van der Waals surface area contributed by atoms with Crippen LogP contribution in [0.5, 0.6) is 0 Å².